The Bertz CT molecular complexity index is 858. The Morgan fingerprint density at radius 2 is 1.33 bits per heavy atom. The minimum atomic E-state index is 0. The Morgan fingerprint density at radius 1 is 0.778 bits per heavy atom. The van der Waals surface area contributed by atoms with Gasteiger partial charge in [-0.05, 0) is 0 Å². The van der Waals surface area contributed by atoms with Crippen molar-refractivity contribution in [1.29, 1.82) is 0 Å². The van der Waals surface area contributed by atoms with Crippen LogP contribution in [0.15, 0.2) is 103 Å². The second kappa shape index (κ2) is 13.9. The topological polar surface area (TPSA) is 0 Å². The molecule has 0 spiro atoms. The van der Waals surface area contributed by atoms with E-state index >= 15 is 0 Å². The maximum absolute atomic E-state index is 3.34. The molecule has 0 N–H and O–H groups in total. The second-order valence-electron chi connectivity index (χ2n) is 5.40. The van der Waals surface area contributed by atoms with Gasteiger partial charge in [0.05, 0.1) is 0 Å². The summed E-state index contributed by atoms with van der Waals surface area (Å²) in [7, 11) is 0. The smallest absolute Gasteiger partial charge is 0.0771 e. The van der Waals surface area contributed by atoms with Crippen molar-refractivity contribution in [2.24, 2.45) is 0 Å². The summed E-state index contributed by atoms with van der Waals surface area (Å²) in [5, 5.41) is 5.39. The number of rotatable bonds is 0. The molecule has 0 unspecified atom stereocenters. The minimum Gasteiger partial charge on any atom is -0.358 e. The zero-order valence-electron chi connectivity index (χ0n) is 15.7. The molecule has 0 aliphatic heterocycles. The van der Waals surface area contributed by atoms with Gasteiger partial charge in [-0.15, -0.1) is 46.2 Å². The van der Waals surface area contributed by atoms with E-state index in [1.165, 1.54) is 45.8 Å². The fourth-order valence-corrected chi connectivity index (χ4v) is 2.59. The Morgan fingerprint density at radius 3 is 1.67 bits per heavy atom. The first-order valence-corrected chi connectivity index (χ1v) is 10.2. The van der Waals surface area contributed by atoms with Gasteiger partial charge in [-0.25, -0.2) is 12.2 Å². The van der Waals surface area contributed by atoms with Gasteiger partial charge < -0.3 is 7.43 Å². The maximum atomic E-state index is 3.34. The molecule has 0 amide bonds. The molecule has 1 heteroatoms. The number of benzene rings is 3. The molecule has 0 saturated carbocycles. The molecule has 5 rings (SSSR count). The minimum absolute atomic E-state index is 0. The van der Waals surface area contributed by atoms with E-state index in [0.717, 1.165) is 6.42 Å². The zero-order chi connectivity index (χ0) is 18.5. The van der Waals surface area contributed by atoms with E-state index in [4.69, 9.17) is 0 Å². The van der Waals surface area contributed by atoms with Gasteiger partial charge in [0.15, 0.2) is 0 Å². The van der Waals surface area contributed by atoms with Crippen LogP contribution in [0.5, 0.6) is 0 Å². The average molecular weight is 428 g/mol. The molecule has 0 aromatic heterocycles. The summed E-state index contributed by atoms with van der Waals surface area (Å²) in [6.07, 6.45) is 10.0. The van der Waals surface area contributed by atoms with Crippen molar-refractivity contribution < 1.29 is 24.2 Å². The van der Waals surface area contributed by atoms with E-state index in [9.17, 15) is 0 Å². The van der Waals surface area contributed by atoms with Crippen LogP contribution < -0.4 is 0 Å². The zero-order valence-corrected chi connectivity index (χ0v) is 18.2. The van der Waals surface area contributed by atoms with E-state index in [1.54, 1.807) is 0 Å². The normalized spacial score (nSPS) is 10.5. The van der Waals surface area contributed by atoms with Crippen molar-refractivity contribution in [2.75, 3.05) is 0 Å². The molecular formula is C26H24Zr-4. The van der Waals surface area contributed by atoms with E-state index in [2.05, 4.69) is 77.0 Å². The Hall–Kier alpha value is -2.24. The van der Waals surface area contributed by atoms with Crippen molar-refractivity contribution in [3.63, 3.8) is 0 Å². The fraction of sp³-hybridized carbons (Fsp3) is 0.0385. The Balaban J connectivity index is 0.000000219. The van der Waals surface area contributed by atoms with Crippen molar-refractivity contribution in [3.05, 3.63) is 123 Å². The number of hydrogen-bond donors (Lipinski definition) is 0. The van der Waals surface area contributed by atoms with Crippen LogP contribution in [0, 0.1) is 19.6 Å². The molecule has 0 bridgehead atoms. The largest absolute Gasteiger partial charge is 0.358 e. The van der Waals surface area contributed by atoms with Crippen molar-refractivity contribution in [1.82, 2.24) is 0 Å². The maximum Gasteiger partial charge on any atom is -0.0771 e. The molecule has 4 aromatic rings. The average Bonchev–Trinajstić information content (AvgIpc) is 3.43. The molecule has 0 atom stereocenters. The first-order valence-electron chi connectivity index (χ1n) is 8.46. The van der Waals surface area contributed by atoms with Gasteiger partial charge in [0.2, 0.25) is 0 Å². The van der Waals surface area contributed by atoms with Crippen molar-refractivity contribution >= 4 is 25.8 Å². The van der Waals surface area contributed by atoms with Crippen LogP contribution in [0.4, 0.5) is 0 Å². The molecule has 27 heavy (non-hydrogen) atoms. The molecule has 0 saturated heterocycles. The van der Waals surface area contributed by atoms with Gasteiger partial charge in [-0.1, -0.05) is 36.4 Å². The van der Waals surface area contributed by atoms with Gasteiger partial charge in [0.1, 0.15) is 0 Å². The van der Waals surface area contributed by atoms with Crippen LogP contribution in [0.2, 0.25) is 0 Å². The third-order valence-corrected chi connectivity index (χ3v) is 3.72. The van der Waals surface area contributed by atoms with E-state index < -0.39 is 0 Å². The van der Waals surface area contributed by atoms with Gasteiger partial charge >= 0.3 is 28.4 Å². The summed E-state index contributed by atoms with van der Waals surface area (Å²) in [6, 6.07) is 31.8. The summed E-state index contributed by atoms with van der Waals surface area (Å²) >= 11 is 1.30. The summed E-state index contributed by atoms with van der Waals surface area (Å²) in [6.45, 7) is 0. The van der Waals surface area contributed by atoms with Crippen LogP contribution in [0.25, 0.3) is 21.5 Å². The molecule has 0 heterocycles. The van der Waals surface area contributed by atoms with Crippen LogP contribution in [-0.4, -0.2) is 4.21 Å². The monoisotopic (exact) mass is 426 g/mol. The SMILES string of the molecule is [C-]1=CC=CC1.[CH2]=[Zr].[CH3-].[c-]1ccccc1.c1ccc2c(c1)[cH-]c1ccccc12. The third kappa shape index (κ3) is 7.49. The molecule has 0 radical (unpaired) electrons. The van der Waals surface area contributed by atoms with Crippen LogP contribution in [0.1, 0.15) is 6.42 Å². The second-order valence-corrected chi connectivity index (χ2v) is 5.40. The van der Waals surface area contributed by atoms with Crippen LogP contribution >= 0.6 is 0 Å². The fourth-order valence-electron chi connectivity index (χ4n) is 2.59. The molecular weight excluding hydrogens is 404 g/mol. The van der Waals surface area contributed by atoms with Crippen molar-refractivity contribution in [3.8, 4) is 0 Å². The number of hydrogen-bond acceptors (Lipinski definition) is 0. The first kappa shape index (κ1) is 22.8. The summed E-state index contributed by atoms with van der Waals surface area (Å²) in [5.74, 6) is 0. The van der Waals surface area contributed by atoms with Gasteiger partial charge in [0.25, 0.3) is 0 Å². The van der Waals surface area contributed by atoms with Gasteiger partial charge in [-0.2, -0.15) is 42.5 Å². The van der Waals surface area contributed by atoms with Gasteiger partial charge in [0, 0.05) is 0 Å². The standard InChI is InChI=1S/C13H9.C6H5.C5H5.CH3.CH2.Zr/c1-3-7-12-10(5-1)9-11-6-2-4-8-13(11)12;1-2-4-6-5-3-1;1-2-4-5-3-1;;;/h1-9H;1-5H;1-3H,4H2;1H3;1H2;/q4*-1;;. The third-order valence-electron chi connectivity index (χ3n) is 3.72. The number of allylic oxidation sites excluding steroid dienone is 4. The van der Waals surface area contributed by atoms with E-state index in [1.807, 2.05) is 42.5 Å². The Kier molecular flexibility index (Phi) is 11.7. The summed E-state index contributed by atoms with van der Waals surface area (Å²) in [5.41, 5.74) is 0. The van der Waals surface area contributed by atoms with E-state index in [0.29, 0.717) is 0 Å². The quantitative estimate of drug-likeness (QED) is 0.267. The molecule has 136 valence electrons. The van der Waals surface area contributed by atoms with Crippen LogP contribution in [0.3, 0.4) is 0 Å². The summed E-state index contributed by atoms with van der Waals surface area (Å²) in [4.78, 5) is 0. The first-order chi connectivity index (χ1) is 12.9. The summed E-state index contributed by atoms with van der Waals surface area (Å²) < 4.78 is 3.34. The van der Waals surface area contributed by atoms with Crippen LogP contribution in [-0.2, 0) is 24.2 Å². The Labute approximate surface area is 178 Å². The van der Waals surface area contributed by atoms with Crippen molar-refractivity contribution in [2.45, 2.75) is 6.42 Å². The molecule has 1 aliphatic rings. The molecule has 0 fully saturated rings. The molecule has 4 aromatic carbocycles. The van der Waals surface area contributed by atoms with E-state index in [-0.39, 0.29) is 7.43 Å². The molecule has 0 nitrogen and oxygen atoms in total. The van der Waals surface area contributed by atoms with Gasteiger partial charge in [-0.3, -0.25) is 6.08 Å². The predicted molar refractivity (Wildman–Crippen MR) is 117 cm³/mol. The molecule has 1 aliphatic carbocycles. The predicted octanol–water partition coefficient (Wildman–Crippen LogP) is 6.92. The number of fused-ring (bicyclic) bond motifs is 3.